The Hall–Kier alpha value is -1.16. The molecule has 1 heterocycles. The standard InChI is InChI=1S/C12H16NO4P/c1-9(14)13-7-6-10-8-11(4-5-12(10)13)18(15,16-2)17-3/h4-5,8H,6-7H2,1-3H3. The molecule has 0 N–H and O–H groups in total. The first-order valence-corrected chi connectivity index (χ1v) is 7.19. The molecular formula is C12H16NO4P. The molecule has 0 unspecified atom stereocenters. The lowest BCUT2D eigenvalue weighted by molar-refractivity contribution is -0.116. The van der Waals surface area contributed by atoms with Gasteiger partial charge >= 0.3 is 7.60 Å². The van der Waals surface area contributed by atoms with Crippen molar-refractivity contribution < 1.29 is 18.4 Å². The molecule has 6 heteroatoms. The molecule has 98 valence electrons. The molecule has 0 radical (unpaired) electrons. The summed E-state index contributed by atoms with van der Waals surface area (Å²) in [7, 11) is -0.492. The van der Waals surface area contributed by atoms with Gasteiger partial charge in [0.1, 0.15) is 0 Å². The first kappa shape index (κ1) is 13.3. The lowest BCUT2D eigenvalue weighted by atomic mass is 10.2. The van der Waals surface area contributed by atoms with Crippen LogP contribution in [0.5, 0.6) is 0 Å². The Labute approximate surface area is 106 Å². The zero-order valence-electron chi connectivity index (χ0n) is 10.7. The van der Waals surface area contributed by atoms with E-state index in [1.807, 2.05) is 0 Å². The molecule has 0 bridgehead atoms. The van der Waals surface area contributed by atoms with Crippen molar-refractivity contribution in [2.45, 2.75) is 13.3 Å². The van der Waals surface area contributed by atoms with E-state index in [1.54, 1.807) is 23.1 Å². The van der Waals surface area contributed by atoms with E-state index in [9.17, 15) is 9.36 Å². The van der Waals surface area contributed by atoms with Gasteiger partial charge in [0.05, 0.1) is 5.30 Å². The van der Waals surface area contributed by atoms with Crippen LogP contribution in [0.3, 0.4) is 0 Å². The van der Waals surface area contributed by atoms with Crippen LogP contribution in [0.25, 0.3) is 0 Å². The fourth-order valence-electron chi connectivity index (χ4n) is 2.17. The van der Waals surface area contributed by atoms with Gasteiger partial charge in [-0.2, -0.15) is 0 Å². The quantitative estimate of drug-likeness (QED) is 0.784. The number of fused-ring (bicyclic) bond motifs is 1. The molecule has 0 atom stereocenters. The van der Waals surface area contributed by atoms with Gasteiger partial charge in [-0.3, -0.25) is 9.36 Å². The molecule has 0 saturated heterocycles. The van der Waals surface area contributed by atoms with Crippen LogP contribution in [-0.4, -0.2) is 26.7 Å². The van der Waals surface area contributed by atoms with Crippen molar-refractivity contribution in [1.29, 1.82) is 0 Å². The maximum atomic E-state index is 12.2. The molecule has 18 heavy (non-hydrogen) atoms. The fraction of sp³-hybridized carbons (Fsp3) is 0.417. The minimum absolute atomic E-state index is 0.0168. The smallest absolute Gasteiger partial charge is 0.312 e. The van der Waals surface area contributed by atoms with Crippen molar-refractivity contribution in [3.05, 3.63) is 23.8 Å². The van der Waals surface area contributed by atoms with Gasteiger partial charge in [0, 0.05) is 33.4 Å². The number of hydrogen-bond acceptors (Lipinski definition) is 4. The van der Waals surface area contributed by atoms with Crippen molar-refractivity contribution in [2.75, 3.05) is 25.7 Å². The lowest BCUT2D eigenvalue weighted by Crippen LogP contribution is -2.25. The number of anilines is 1. The van der Waals surface area contributed by atoms with Crippen LogP contribution >= 0.6 is 7.60 Å². The summed E-state index contributed by atoms with van der Waals surface area (Å²) in [5.41, 5.74) is 1.88. The van der Waals surface area contributed by atoms with E-state index >= 15 is 0 Å². The molecule has 0 saturated carbocycles. The van der Waals surface area contributed by atoms with E-state index in [4.69, 9.17) is 9.05 Å². The Bertz CT molecular complexity index is 521. The highest BCUT2D eigenvalue weighted by Crippen LogP contribution is 2.46. The topological polar surface area (TPSA) is 55.8 Å². The monoisotopic (exact) mass is 269 g/mol. The molecule has 1 aliphatic heterocycles. The Morgan fingerprint density at radius 1 is 1.33 bits per heavy atom. The third-order valence-electron chi connectivity index (χ3n) is 3.14. The summed E-state index contributed by atoms with van der Waals surface area (Å²) in [5, 5.41) is 0.525. The molecule has 2 rings (SSSR count). The van der Waals surface area contributed by atoms with Crippen molar-refractivity contribution >= 4 is 24.5 Å². The summed E-state index contributed by atoms with van der Waals surface area (Å²) in [4.78, 5) is 13.1. The molecule has 0 spiro atoms. The van der Waals surface area contributed by atoms with Crippen molar-refractivity contribution in [3.8, 4) is 0 Å². The van der Waals surface area contributed by atoms with Gasteiger partial charge in [-0.05, 0) is 30.2 Å². The van der Waals surface area contributed by atoms with Gasteiger partial charge in [-0.25, -0.2) is 0 Å². The highest BCUT2D eigenvalue weighted by molar-refractivity contribution is 7.62. The van der Waals surface area contributed by atoms with Gasteiger partial charge < -0.3 is 13.9 Å². The zero-order valence-corrected chi connectivity index (χ0v) is 11.6. The van der Waals surface area contributed by atoms with Gasteiger partial charge in [0.2, 0.25) is 5.91 Å². The molecular weight excluding hydrogens is 253 g/mol. The van der Waals surface area contributed by atoms with E-state index < -0.39 is 7.60 Å². The zero-order chi connectivity index (χ0) is 13.3. The number of hydrogen-bond donors (Lipinski definition) is 0. The molecule has 1 amide bonds. The van der Waals surface area contributed by atoms with Gasteiger partial charge in [-0.15, -0.1) is 0 Å². The third-order valence-corrected chi connectivity index (χ3v) is 5.01. The number of nitrogens with zero attached hydrogens (tertiary/aromatic N) is 1. The number of amides is 1. The molecule has 1 aliphatic rings. The molecule has 1 aromatic rings. The molecule has 0 fully saturated rings. The number of benzene rings is 1. The maximum absolute atomic E-state index is 12.2. The van der Waals surface area contributed by atoms with E-state index in [2.05, 4.69) is 0 Å². The van der Waals surface area contributed by atoms with Crippen molar-refractivity contribution in [3.63, 3.8) is 0 Å². The van der Waals surface area contributed by atoms with Crippen LogP contribution in [-0.2, 0) is 24.8 Å². The van der Waals surface area contributed by atoms with Crippen LogP contribution in [0.2, 0.25) is 0 Å². The minimum Gasteiger partial charge on any atom is -0.312 e. The fourth-order valence-corrected chi connectivity index (χ4v) is 3.31. The van der Waals surface area contributed by atoms with E-state index in [-0.39, 0.29) is 5.91 Å². The Balaban J connectivity index is 2.42. The van der Waals surface area contributed by atoms with Crippen LogP contribution in [0.15, 0.2) is 18.2 Å². The summed E-state index contributed by atoms with van der Waals surface area (Å²) in [6.45, 7) is 2.20. The first-order chi connectivity index (χ1) is 8.51. The second-order valence-corrected chi connectivity index (χ2v) is 6.34. The van der Waals surface area contributed by atoms with E-state index in [1.165, 1.54) is 21.1 Å². The molecule has 0 aromatic heterocycles. The van der Waals surface area contributed by atoms with Gasteiger partial charge in [-0.1, -0.05) is 0 Å². The van der Waals surface area contributed by atoms with E-state index in [0.29, 0.717) is 11.8 Å². The average Bonchev–Trinajstić information content (AvgIpc) is 2.80. The Morgan fingerprint density at radius 3 is 2.56 bits per heavy atom. The highest BCUT2D eigenvalue weighted by atomic mass is 31.2. The molecule has 1 aromatic carbocycles. The minimum atomic E-state index is -3.21. The van der Waals surface area contributed by atoms with Crippen LogP contribution in [0.4, 0.5) is 5.69 Å². The maximum Gasteiger partial charge on any atom is 0.360 e. The summed E-state index contributed by atoms with van der Waals surface area (Å²) < 4.78 is 22.2. The molecule has 5 nitrogen and oxygen atoms in total. The Morgan fingerprint density at radius 2 is 2.00 bits per heavy atom. The lowest BCUT2D eigenvalue weighted by Gasteiger charge is -2.17. The SMILES string of the molecule is COP(=O)(OC)c1ccc2c(c1)CCN2C(C)=O. The van der Waals surface area contributed by atoms with Crippen LogP contribution < -0.4 is 10.2 Å². The van der Waals surface area contributed by atoms with Gasteiger partial charge in [0.25, 0.3) is 0 Å². The largest absolute Gasteiger partial charge is 0.360 e. The predicted octanol–water partition coefficient (Wildman–Crippen LogP) is 1.71. The predicted molar refractivity (Wildman–Crippen MR) is 69.4 cm³/mol. The number of carbonyl (C=O) groups is 1. The third kappa shape index (κ3) is 2.09. The number of carbonyl (C=O) groups excluding carboxylic acids is 1. The first-order valence-electron chi connectivity index (χ1n) is 5.65. The normalized spacial score (nSPS) is 14.7. The van der Waals surface area contributed by atoms with E-state index in [0.717, 1.165) is 17.7 Å². The number of rotatable bonds is 3. The van der Waals surface area contributed by atoms with Crippen LogP contribution in [0.1, 0.15) is 12.5 Å². The summed E-state index contributed by atoms with van der Waals surface area (Å²) in [6, 6.07) is 5.28. The van der Waals surface area contributed by atoms with Crippen molar-refractivity contribution in [1.82, 2.24) is 0 Å². The second-order valence-electron chi connectivity index (χ2n) is 4.10. The van der Waals surface area contributed by atoms with Gasteiger partial charge in [0.15, 0.2) is 0 Å². The highest BCUT2D eigenvalue weighted by Gasteiger charge is 2.28. The van der Waals surface area contributed by atoms with Crippen molar-refractivity contribution in [2.24, 2.45) is 0 Å². The summed E-state index contributed by atoms with van der Waals surface area (Å²) in [5.74, 6) is 0.0168. The average molecular weight is 269 g/mol. The Kier molecular flexibility index (Phi) is 3.57. The summed E-state index contributed by atoms with van der Waals surface area (Å²) >= 11 is 0. The summed E-state index contributed by atoms with van der Waals surface area (Å²) in [6.07, 6.45) is 0.760. The molecule has 0 aliphatic carbocycles. The van der Waals surface area contributed by atoms with Crippen LogP contribution in [0, 0.1) is 0 Å². The second kappa shape index (κ2) is 4.84.